The van der Waals surface area contributed by atoms with Crippen LogP contribution in [0.25, 0.3) is 5.69 Å². The average Bonchev–Trinajstić information content (AvgIpc) is 3.38. The maximum atomic E-state index is 13.4. The largest absolute Gasteiger partial charge is 0.350 e. The van der Waals surface area contributed by atoms with E-state index in [1.54, 1.807) is 30.7 Å². The first-order chi connectivity index (χ1) is 15.9. The molecule has 0 saturated carbocycles. The van der Waals surface area contributed by atoms with Gasteiger partial charge in [-0.05, 0) is 54.1 Å². The quantitative estimate of drug-likeness (QED) is 0.432. The molecule has 1 N–H and O–H groups in total. The van der Waals surface area contributed by atoms with E-state index in [1.807, 2.05) is 35.0 Å². The zero-order chi connectivity index (χ0) is 23.3. The molecular formula is C24H21FN4O3S. The minimum absolute atomic E-state index is 0.0391. The lowest BCUT2D eigenvalue weighted by molar-refractivity contribution is -0.119. The molecule has 33 heavy (non-hydrogen) atoms. The Balaban J connectivity index is 1.49. The van der Waals surface area contributed by atoms with Crippen molar-refractivity contribution in [3.8, 4) is 5.69 Å². The van der Waals surface area contributed by atoms with Gasteiger partial charge in [0.15, 0.2) is 0 Å². The standard InChI is InChI=1S/C24H21FN4O3S/c25-20-8-12-22(13-9-20)29(33(31,32)23-4-2-1-3-5-23)17-24(30)27-16-19-6-10-21(11-7-19)28-15-14-26-18-28/h1-15,18H,16-17H2,(H,27,30). The van der Waals surface area contributed by atoms with Crippen LogP contribution in [0, 0.1) is 5.82 Å². The van der Waals surface area contributed by atoms with Crippen molar-refractivity contribution in [2.75, 3.05) is 10.8 Å². The molecule has 0 unspecified atom stereocenters. The van der Waals surface area contributed by atoms with Gasteiger partial charge < -0.3 is 9.88 Å². The van der Waals surface area contributed by atoms with Gasteiger partial charge in [0.2, 0.25) is 5.91 Å². The lowest BCUT2D eigenvalue weighted by atomic mass is 10.2. The predicted octanol–water partition coefficient (Wildman–Crippen LogP) is 3.52. The van der Waals surface area contributed by atoms with Gasteiger partial charge in [-0.15, -0.1) is 0 Å². The van der Waals surface area contributed by atoms with E-state index in [0.29, 0.717) is 0 Å². The smallest absolute Gasteiger partial charge is 0.264 e. The average molecular weight is 465 g/mol. The zero-order valence-electron chi connectivity index (χ0n) is 17.5. The summed E-state index contributed by atoms with van der Waals surface area (Å²) in [7, 11) is -4.03. The van der Waals surface area contributed by atoms with Crippen molar-refractivity contribution < 1.29 is 17.6 Å². The number of halogens is 1. The van der Waals surface area contributed by atoms with E-state index in [0.717, 1.165) is 27.7 Å². The Morgan fingerprint density at radius 1 is 0.970 bits per heavy atom. The second-order valence-electron chi connectivity index (χ2n) is 7.21. The Labute approximate surface area is 191 Å². The number of rotatable bonds is 8. The predicted molar refractivity (Wildman–Crippen MR) is 123 cm³/mol. The van der Waals surface area contributed by atoms with Crippen LogP contribution in [0.3, 0.4) is 0 Å². The van der Waals surface area contributed by atoms with Crippen LogP contribution in [0.1, 0.15) is 5.56 Å². The van der Waals surface area contributed by atoms with Gasteiger partial charge in [0.1, 0.15) is 12.4 Å². The summed E-state index contributed by atoms with van der Waals surface area (Å²) in [6.45, 7) is -0.221. The first kappa shape index (κ1) is 22.2. The summed E-state index contributed by atoms with van der Waals surface area (Å²) in [6.07, 6.45) is 5.20. The Bertz CT molecular complexity index is 1310. The van der Waals surface area contributed by atoms with Crippen molar-refractivity contribution in [1.29, 1.82) is 0 Å². The lowest BCUT2D eigenvalue weighted by Crippen LogP contribution is -2.40. The highest BCUT2D eigenvalue weighted by molar-refractivity contribution is 7.92. The number of anilines is 1. The van der Waals surface area contributed by atoms with Crippen molar-refractivity contribution in [2.45, 2.75) is 11.4 Å². The maximum absolute atomic E-state index is 13.4. The van der Waals surface area contributed by atoms with Gasteiger partial charge in [0, 0.05) is 24.6 Å². The zero-order valence-corrected chi connectivity index (χ0v) is 18.3. The molecule has 3 aromatic carbocycles. The number of hydrogen-bond donors (Lipinski definition) is 1. The summed E-state index contributed by atoms with van der Waals surface area (Å²) in [5.41, 5.74) is 1.98. The van der Waals surface area contributed by atoms with Gasteiger partial charge in [0.25, 0.3) is 10.0 Å². The van der Waals surface area contributed by atoms with Crippen molar-refractivity contribution >= 4 is 21.6 Å². The molecule has 0 bridgehead atoms. The SMILES string of the molecule is O=C(CN(c1ccc(F)cc1)S(=O)(=O)c1ccccc1)NCc1ccc(-n2ccnc2)cc1. The van der Waals surface area contributed by atoms with Gasteiger partial charge in [-0.2, -0.15) is 0 Å². The van der Waals surface area contributed by atoms with E-state index in [9.17, 15) is 17.6 Å². The first-order valence-corrected chi connectivity index (χ1v) is 11.5. The van der Waals surface area contributed by atoms with Crippen molar-refractivity contribution in [3.05, 3.63) is 109 Å². The van der Waals surface area contributed by atoms with Crippen LogP contribution >= 0.6 is 0 Å². The molecule has 0 fully saturated rings. The van der Waals surface area contributed by atoms with Crippen molar-refractivity contribution in [3.63, 3.8) is 0 Å². The van der Waals surface area contributed by atoms with Crippen LogP contribution in [0.5, 0.6) is 0 Å². The molecule has 0 aliphatic carbocycles. The van der Waals surface area contributed by atoms with Gasteiger partial charge in [0.05, 0.1) is 16.9 Å². The van der Waals surface area contributed by atoms with Crippen LogP contribution in [-0.2, 0) is 21.4 Å². The number of nitrogens with one attached hydrogen (secondary N) is 1. The molecular weight excluding hydrogens is 443 g/mol. The third kappa shape index (κ3) is 5.27. The third-order valence-corrected chi connectivity index (χ3v) is 6.75. The second kappa shape index (κ2) is 9.66. The number of sulfonamides is 1. The highest BCUT2D eigenvalue weighted by atomic mass is 32.2. The second-order valence-corrected chi connectivity index (χ2v) is 9.08. The van der Waals surface area contributed by atoms with E-state index < -0.39 is 28.3 Å². The molecule has 0 spiro atoms. The van der Waals surface area contributed by atoms with E-state index >= 15 is 0 Å². The van der Waals surface area contributed by atoms with Crippen LogP contribution in [-0.4, -0.2) is 30.4 Å². The Kier molecular flexibility index (Phi) is 6.50. The number of carbonyl (C=O) groups is 1. The van der Waals surface area contributed by atoms with E-state index in [1.165, 1.54) is 24.3 Å². The van der Waals surface area contributed by atoms with Gasteiger partial charge in [-0.25, -0.2) is 17.8 Å². The van der Waals surface area contributed by atoms with Crippen molar-refractivity contribution in [2.24, 2.45) is 0 Å². The normalized spacial score (nSPS) is 11.2. The van der Waals surface area contributed by atoms with E-state index in [2.05, 4.69) is 10.3 Å². The molecule has 0 saturated heterocycles. The maximum Gasteiger partial charge on any atom is 0.264 e. The fourth-order valence-electron chi connectivity index (χ4n) is 3.23. The number of aromatic nitrogens is 2. The van der Waals surface area contributed by atoms with Crippen LogP contribution in [0.2, 0.25) is 0 Å². The third-order valence-electron chi connectivity index (χ3n) is 4.96. The summed E-state index contributed by atoms with van der Waals surface area (Å²) in [5.74, 6) is -0.989. The van der Waals surface area contributed by atoms with Crippen LogP contribution < -0.4 is 9.62 Å². The van der Waals surface area contributed by atoms with Crippen molar-refractivity contribution in [1.82, 2.24) is 14.9 Å². The number of amides is 1. The summed E-state index contributed by atoms with van der Waals surface area (Å²) >= 11 is 0. The van der Waals surface area contributed by atoms with Gasteiger partial charge in [-0.3, -0.25) is 9.10 Å². The highest BCUT2D eigenvalue weighted by Gasteiger charge is 2.27. The molecule has 4 rings (SSSR count). The fourth-order valence-corrected chi connectivity index (χ4v) is 4.67. The number of hydrogen-bond acceptors (Lipinski definition) is 4. The minimum atomic E-state index is -4.03. The summed E-state index contributed by atoms with van der Waals surface area (Å²) in [5, 5.41) is 2.75. The molecule has 1 amide bonds. The minimum Gasteiger partial charge on any atom is -0.350 e. The van der Waals surface area contributed by atoms with Gasteiger partial charge >= 0.3 is 0 Å². The Morgan fingerprint density at radius 3 is 2.30 bits per heavy atom. The Morgan fingerprint density at radius 2 is 1.67 bits per heavy atom. The monoisotopic (exact) mass is 464 g/mol. The molecule has 0 radical (unpaired) electrons. The molecule has 9 heteroatoms. The van der Waals surface area contributed by atoms with E-state index in [-0.39, 0.29) is 17.1 Å². The molecule has 1 aromatic heterocycles. The number of benzene rings is 3. The lowest BCUT2D eigenvalue weighted by Gasteiger charge is -2.24. The van der Waals surface area contributed by atoms with Crippen LogP contribution in [0.4, 0.5) is 10.1 Å². The number of carbonyl (C=O) groups excluding carboxylic acids is 1. The molecule has 7 nitrogen and oxygen atoms in total. The van der Waals surface area contributed by atoms with E-state index in [4.69, 9.17) is 0 Å². The first-order valence-electron chi connectivity index (χ1n) is 10.1. The fraction of sp³-hybridized carbons (Fsp3) is 0.0833. The van der Waals surface area contributed by atoms with Crippen LogP contribution in [0.15, 0.2) is 102 Å². The molecule has 0 aliphatic rings. The molecule has 0 aliphatic heterocycles. The molecule has 4 aromatic rings. The molecule has 1 heterocycles. The highest BCUT2D eigenvalue weighted by Crippen LogP contribution is 2.23. The summed E-state index contributed by atoms with van der Waals surface area (Å²) in [4.78, 5) is 16.7. The summed E-state index contributed by atoms with van der Waals surface area (Å²) < 4.78 is 42.7. The Hall–Kier alpha value is -3.98. The summed E-state index contributed by atoms with van der Waals surface area (Å²) in [6, 6.07) is 20.3. The number of imidazole rings is 1. The molecule has 0 atom stereocenters. The van der Waals surface area contributed by atoms with Gasteiger partial charge in [-0.1, -0.05) is 30.3 Å². The number of nitrogens with zero attached hydrogens (tertiary/aromatic N) is 3. The topological polar surface area (TPSA) is 84.3 Å². The molecule has 168 valence electrons.